The number of hydrogen-bond acceptors (Lipinski definition) is 2. The van der Waals surface area contributed by atoms with E-state index in [0.29, 0.717) is 27.7 Å². The molecule has 130 valence electrons. The topological polar surface area (TPSA) is 49.4 Å². The molecular formula is C19H18Cl2N2O2. The van der Waals surface area contributed by atoms with Gasteiger partial charge in [0.15, 0.2) is 0 Å². The Morgan fingerprint density at radius 2 is 1.92 bits per heavy atom. The first-order valence-electron chi connectivity index (χ1n) is 8.09. The minimum Gasteiger partial charge on any atom is -0.326 e. The van der Waals surface area contributed by atoms with Crippen LogP contribution in [-0.2, 0) is 16.0 Å². The molecule has 1 fully saturated rings. The molecule has 0 unspecified atom stereocenters. The molecule has 2 aromatic rings. The Morgan fingerprint density at radius 1 is 1.20 bits per heavy atom. The van der Waals surface area contributed by atoms with Gasteiger partial charge in [0.1, 0.15) is 0 Å². The third kappa shape index (κ3) is 3.97. The maximum absolute atomic E-state index is 12.3. The number of nitrogens with one attached hydrogen (secondary N) is 1. The van der Waals surface area contributed by atoms with E-state index in [1.165, 1.54) is 0 Å². The molecule has 1 N–H and O–H groups in total. The normalized spacial score (nSPS) is 14.0. The molecule has 25 heavy (non-hydrogen) atoms. The van der Waals surface area contributed by atoms with E-state index in [1.54, 1.807) is 29.2 Å². The Kier molecular flexibility index (Phi) is 5.30. The van der Waals surface area contributed by atoms with Crippen molar-refractivity contribution in [3.8, 4) is 0 Å². The third-order valence-corrected chi connectivity index (χ3v) is 4.95. The Bertz CT molecular complexity index is 816. The number of benzene rings is 2. The first kappa shape index (κ1) is 17.8. The van der Waals surface area contributed by atoms with Crippen LogP contribution in [0.2, 0.25) is 10.0 Å². The van der Waals surface area contributed by atoms with Crippen LogP contribution in [0, 0.1) is 6.92 Å². The van der Waals surface area contributed by atoms with E-state index in [0.717, 1.165) is 24.2 Å². The number of rotatable bonds is 4. The van der Waals surface area contributed by atoms with Crippen LogP contribution in [0.3, 0.4) is 0 Å². The van der Waals surface area contributed by atoms with Crippen LogP contribution in [0.4, 0.5) is 11.4 Å². The van der Waals surface area contributed by atoms with Gasteiger partial charge in [-0.15, -0.1) is 0 Å². The van der Waals surface area contributed by atoms with Gasteiger partial charge in [0.05, 0.1) is 6.42 Å². The van der Waals surface area contributed by atoms with Crippen LogP contribution in [0.25, 0.3) is 0 Å². The van der Waals surface area contributed by atoms with Gasteiger partial charge in [-0.2, -0.15) is 0 Å². The van der Waals surface area contributed by atoms with E-state index in [-0.39, 0.29) is 18.2 Å². The lowest BCUT2D eigenvalue weighted by atomic mass is 10.1. The van der Waals surface area contributed by atoms with Crippen molar-refractivity contribution >= 4 is 46.4 Å². The van der Waals surface area contributed by atoms with Gasteiger partial charge in [0.2, 0.25) is 11.8 Å². The quantitative estimate of drug-likeness (QED) is 0.846. The zero-order valence-corrected chi connectivity index (χ0v) is 15.3. The van der Waals surface area contributed by atoms with E-state index in [2.05, 4.69) is 5.32 Å². The number of halogens is 2. The van der Waals surface area contributed by atoms with Gasteiger partial charge in [-0.05, 0) is 54.8 Å². The zero-order valence-electron chi connectivity index (χ0n) is 13.8. The molecule has 4 nitrogen and oxygen atoms in total. The summed E-state index contributed by atoms with van der Waals surface area (Å²) in [6.45, 7) is 2.68. The highest BCUT2D eigenvalue weighted by atomic mass is 35.5. The van der Waals surface area contributed by atoms with Crippen LogP contribution in [0.5, 0.6) is 0 Å². The highest BCUT2D eigenvalue weighted by molar-refractivity contribution is 6.36. The monoisotopic (exact) mass is 376 g/mol. The molecule has 1 heterocycles. The number of nitrogens with zero attached hydrogens (tertiary/aromatic N) is 1. The molecule has 2 amide bonds. The van der Waals surface area contributed by atoms with E-state index in [4.69, 9.17) is 23.2 Å². The molecule has 3 rings (SSSR count). The summed E-state index contributed by atoms with van der Waals surface area (Å²) in [6.07, 6.45) is 1.58. The van der Waals surface area contributed by atoms with Crippen molar-refractivity contribution in [1.82, 2.24) is 0 Å². The molecule has 0 aromatic heterocycles. The van der Waals surface area contributed by atoms with Crippen LogP contribution in [-0.4, -0.2) is 18.4 Å². The van der Waals surface area contributed by atoms with Gasteiger partial charge < -0.3 is 10.2 Å². The lowest BCUT2D eigenvalue weighted by Gasteiger charge is -2.19. The number of carbonyl (C=O) groups is 2. The van der Waals surface area contributed by atoms with Crippen LogP contribution in [0.15, 0.2) is 36.4 Å². The molecule has 0 atom stereocenters. The predicted octanol–water partition coefficient (Wildman–Crippen LogP) is 4.61. The molecule has 1 aliphatic heterocycles. The van der Waals surface area contributed by atoms with Crippen molar-refractivity contribution in [3.05, 3.63) is 57.6 Å². The minimum atomic E-state index is -0.195. The van der Waals surface area contributed by atoms with Crippen molar-refractivity contribution in [2.75, 3.05) is 16.8 Å². The second-order valence-corrected chi connectivity index (χ2v) is 6.89. The van der Waals surface area contributed by atoms with Crippen molar-refractivity contribution in [2.24, 2.45) is 0 Å². The summed E-state index contributed by atoms with van der Waals surface area (Å²) >= 11 is 12.2. The molecular weight excluding hydrogens is 359 g/mol. The summed E-state index contributed by atoms with van der Waals surface area (Å²) in [7, 11) is 0. The summed E-state index contributed by atoms with van der Waals surface area (Å²) in [6, 6.07) is 10.7. The average Bonchev–Trinajstić information content (AvgIpc) is 2.97. The number of aryl methyl sites for hydroxylation is 1. The van der Waals surface area contributed by atoms with Crippen LogP contribution in [0.1, 0.15) is 24.0 Å². The summed E-state index contributed by atoms with van der Waals surface area (Å²) in [5.41, 5.74) is 3.14. The second-order valence-electron chi connectivity index (χ2n) is 6.08. The molecule has 0 aliphatic carbocycles. The maximum Gasteiger partial charge on any atom is 0.228 e. The Morgan fingerprint density at radius 3 is 2.52 bits per heavy atom. The summed E-state index contributed by atoms with van der Waals surface area (Å²) < 4.78 is 0. The Hall–Kier alpha value is -2.04. The highest BCUT2D eigenvalue weighted by Gasteiger charge is 2.23. The van der Waals surface area contributed by atoms with Crippen LogP contribution >= 0.6 is 23.2 Å². The SMILES string of the molecule is Cc1cc(NC(=O)Cc2c(Cl)cccc2Cl)ccc1N1CCCC1=O. The van der Waals surface area contributed by atoms with E-state index >= 15 is 0 Å². The van der Waals surface area contributed by atoms with E-state index in [9.17, 15) is 9.59 Å². The number of hydrogen-bond donors (Lipinski definition) is 1. The largest absolute Gasteiger partial charge is 0.326 e. The Labute approximate surface area is 156 Å². The second kappa shape index (κ2) is 7.46. The summed E-state index contributed by atoms with van der Waals surface area (Å²) in [4.78, 5) is 26.0. The molecule has 0 saturated carbocycles. The summed E-state index contributed by atoms with van der Waals surface area (Å²) in [5.74, 6) is -0.0485. The third-order valence-electron chi connectivity index (χ3n) is 4.24. The molecule has 0 bridgehead atoms. The van der Waals surface area contributed by atoms with Gasteiger partial charge in [-0.3, -0.25) is 9.59 Å². The standard InChI is InChI=1S/C19H18Cl2N2O2/c1-12-10-13(7-8-17(12)23-9-3-6-19(23)25)22-18(24)11-14-15(20)4-2-5-16(14)21/h2,4-5,7-8,10H,3,6,9,11H2,1H3,(H,22,24). The lowest BCUT2D eigenvalue weighted by molar-refractivity contribution is -0.117. The Balaban J connectivity index is 1.72. The number of carbonyl (C=O) groups excluding carboxylic acids is 2. The van der Waals surface area contributed by atoms with E-state index < -0.39 is 0 Å². The first-order valence-corrected chi connectivity index (χ1v) is 8.85. The lowest BCUT2D eigenvalue weighted by Crippen LogP contribution is -2.24. The summed E-state index contributed by atoms with van der Waals surface area (Å²) in [5, 5.41) is 3.80. The molecule has 1 saturated heterocycles. The maximum atomic E-state index is 12.3. The zero-order chi connectivity index (χ0) is 18.0. The molecule has 0 spiro atoms. The van der Waals surface area contributed by atoms with E-state index in [1.807, 2.05) is 19.1 Å². The van der Waals surface area contributed by atoms with Gasteiger partial charge >= 0.3 is 0 Å². The predicted molar refractivity (Wildman–Crippen MR) is 102 cm³/mol. The number of amides is 2. The van der Waals surface area contributed by atoms with Gasteiger partial charge in [-0.1, -0.05) is 29.3 Å². The van der Waals surface area contributed by atoms with Crippen molar-refractivity contribution < 1.29 is 9.59 Å². The van der Waals surface area contributed by atoms with Gasteiger partial charge in [0, 0.05) is 34.4 Å². The number of anilines is 2. The smallest absolute Gasteiger partial charge is 0.228 e. The molecule has 6 heteroatoms. The average molecular weight is 377 g/mol. The molecule has 2 aromatic carbocycles. The van der Waals surface area contributed by atoms with Crippen molar-refractivity contribution in [2.45, 2.75) is 26.2 Å². The molecule has 1 aliphatic rings. The van der Waals surface area contributed by atoms with Crippen LogP contribution < -0.4 is 10.2 Å². The molecule has 0 radical (unpaired) electrons. The first-order chi connectivity index (χ1) is 12.0. The fraction of sp³-hybridized carbons (Fsp3) is 0.263. The minimum absolute atomic E-state index is 0.101. The van der Waals surface area contributed by atoms with Gasteiger partial charge in [-0.25, -0.2) is 0 Å². The van der Waals surface area contributed by atoms with Crippen molar-refractivity contribution in [1.29, 1.82) is 0 Å². The van der Waals surface area contributed by atoms with Crippen molar-refractivity contribution in [3.63, 3.8) is 0 Å². The fourth-order valence-corrected chi connectivity index (χ4v) is 3.54. The fourth-order valence-electron chi connectivity index (χ4n) is 3.01. The highest BCUT2D eigenvalue weighted by Crippen LogP contribution is 2.28. The van der Waals surface area contributed by atoms with Gasteiger partial charge in [0.25, 0.3) is 0 Å².